The van der Waals surface area contributed by atoms with Gasteiger partial charge in [-0.25, -0.2) is 0 Å². The lowest BCUT2D eigenvalue weighted by Crippen LogP contribution is -2.27. The molecule has 1 aromatic heterocycles. The molecule has 0 aliphatic rings. The largest absolute Gasteiger partial charge is 0.380 e. The number of hydrogen-bond acceptors (Lipinski definition) is 4. The minimum absolute atomic E-state index is 0.211. The van der Waals surface area contributed by atoms with Crippen LogP contribution in [0.15, 0.2) is 41.8 Å². The lowest BCUT2D eigenvalue weighted by atomic mass is 10.2. The second-order valence-corrected chi connectivity index (χ2v) is 5.10. The van der Waals surface area contributed by atoms with Crippen molar-refractivity contribution in [3.8, 4) is 0 Å². The monoisotopic (exact) mass is 276 g/mol. The molecule has 0 bridgehead atoms. The number of nitrogens with two attached hydrogens (primary N) is 1. The summed E-state index contributed by atoms with van der Waals surface area (Å²) < 4.78 is 5.06. The maximum Gasteiger partial charge on any atom is 0.246 e. The van der Waals surface area contributed by atoms with Crippen molar-refractivity contribution in [1.29, 1.82) is 0 Å². The summed E-state index contributed by atoms with van der Waals surface area (Å²) in [5.41, 5.74) is 7.63. The Bertz CT molecular complexity index is 540. The fourth-order valence-electron chi connectivity index (χ4n) is 1.72. The summed E-state index contributed by atoms with van der Waals surface area (Å²) in [6, 6.07) is 10.6. The molecule has 100 valence electrons. The molecule has 4 nitrogen and oxygen atoms in total. The normalized spacial score (nSPS) is 12.1. The van der Waals surface area contributed by atoms with Gasteiger partial charge in [-0.15, -0.1) is 11.3 Å². The number of nitrogens with one attached hydrogen (secondary N) is 1. The molecule has 2 rings (SSSR count). The van der Waals surface area contributed by atoms with Crippen molar-refractivity contribution >= 4 is 22.9 Å². The molecule has 3 N–H and O–H groups in total. The maximum absolute atomic E-state index is 12.0. The Hall–Kier alpha value is -1.69. The molecule has 0 saturated carbocycles. The predicted molar refractivity (Wildman–Crippen MR) is 77.0 cm³/mol. The van der Waals surface area contributed by atoms with Crippen LogP contribution in [-0.2, 0) is 16.1 Å². The van der Waals surface area contributed by atoms with Gasteiger partial charge in [-0.05, 0) is 29.1 Å². The fourth-order valence-corrected chi connectivity index (χ4v) is 2.45. The van der Waals surface area contributed by atoms with Gasteiger partial charge in [-0.3, -0.25) is 4.79 Å². The summed E-state index contributed by atoms with van der Waals surface area (Å²) in [5, 5.41) is 4.72. The SMILES string of the molecule is COCc1cccc(NC(=O)C(N)c2cccs2)c1. The van der Waals surface area contributed by atoms with Gasteiger partial charge in [0.15, 0.2) is 0 Å². The van der Waals surface area contributed by atoms with E-state index in [2.05, 4.69) is 5.32 Å². The van der Waals surface area contributed by atoms with E-state index in [-0.39, 0.29) is 5.91 Å². The molecule has 0 saturated heterocycles. The Morgan fingerprint density at radius 3 is 2.95 bits per heavy atom. The van der Waals surface area contributed by atoms with E-state index in [9.17, 15) is 4.79 Å². The van der Waals surface area contributed by atoms with E-state index in [0.29, 0.717) is 6.61 Å². The number of rotatable bonds is 5. The summed E-state index contributed by atoms with van der Waals surface area (Å²) in [7, 11) is 1.64. The standard InChI is InChI=1S/C14H16N2O2S/c1-18-9-10-4-2-5-11(8-10)16-14(17)13(15)12-6-3-7-19-12/h2-8,13H,9,15H2,1H3,(H,16,17). The van der Waals surface area contributed by atoms with E-state index in [1.165, 1.54) is 11.3 Å². The van der Waals surface area contributed by atoms with Crippen LogP contribution in [0.3, 0.4) is 0 Å². The highest BCUT2D eigenvalue weighted by molar-refractivity contribution is 7.10. The van der Waals surface area contributed by atoms with Crippen molar-refractivity contribution in [3.05, 3.63) is 52.2 Å². The molecule has 1 unspecified atom stereocenters. The molecule has 1 amide bonds. The van der Waals surface area contributed by atoms with Gasteiger partial charge in [0.2, 0.25) is 5.91 Å². The Morgan fingerprint density at radius 1 is 1.42 bits per heavy atom. The number of hydrogen-bond donors (Lipinski definition) is 2. The van der Waals surface area contributed by atoms with Crippen LogP contribution in [0.2, 0.25) is 0 Å². The van der Waals surface area contributed by atoms with Crippen LogP contribution in [-0.4, -0.2) is 13.0 Å². The van der Waals surface area contributed by atoms with Crippen LogP contribution >= 0.6 is 11.3 Å². The summed E-state index contributed by atoms with van der Waals surface area (Å²) in [4.78, 5) is 12.9. The third kappa shape index (κ3) is 3.64. The van der Waals surface area contributed by atoms with E-state index >= 15 is 0 Å². The second kappa shape index (κ2) is 6.47. The van der Waals surface area contributed by atoms with Gasteiger partial charge in [0.25, 0.3) is 0 Å². The topological polar surface area (TPSA) is 64.3 Å². The number of methoxy groups -OCH3 is 1. The van der Waals surface area contributed by atoms with Crippen molar-refractivity contribution in [2.75, 3.05) is 12.4 Å². The molecule has 1 heterocycles. The Labute approximate surface area is 116 Å². The summed E-state index contributed by atoms with van der Waals surface area (Å²) in [5.74, 6) is -0.211. The molecule has 1 atom stereocenters. The van der Waals surface area contributed by atoms with Crippen LogP contribution < -0.4 is 11.1 Å². The van der Waals surface area contributed by atoms with E-state index in [4.69, 9.17) is 10.5 Å². The molecule has 0 fully saturated rings. The zero-order valence-corrected chi connectivity index (χ0v) is 11.4. The smallest absolute Gasteiger partial charge is 0.246 e. The average molecular weight is 276 g/mol. The third-order valence-corrected chi connectivity index (χ3v) is 3.59. The quantitative estimate of drug-likeness (QED) is 0.882. The van der Waals surface area contributed by atoms with Crippen molar-refractivity contribution in [2.45, 2.75) is 12.6 Å². The zero-order valence-electron chi connectivity index (χ0n) is 10.6. The van der Waals surface area contributed by atoms with E-state index in [1.807, 2.05) is 41.8 Å². The van der Waals surface area contributed by atoms with Gasteiger partial charge in [-0.1, -0.05) is 18.2 Å². The molecule has 0 spiro atoms. The first-order valence-electron chi connectivity index (χ1n) is 5.88. The van der Waals surface area contributed by atoms with Crippen molar-refractivity contribution in [1.82, 2.24) is 0 Å². The van der Waals surface area contributed by atoms with Crippen molar-refractivity contribution in [3.63, 3.8) is 0 Å². The van der Waals surface area contributed by atoms with Gasteiger partial charge in [0.1, 0.15) is 6.04 Å². The first-order chi connectivity index (χ1) is 9.20. The minimum atomic E-state index is -0.633. The predicted octanol–water partition coefficient (Wildman–Crippen LogP) is 2.53. The van der Waals surface area contributed by atoms with Crippen LogP contribution in [0.4, 0.5) is 5.69 Å². The number of carbonyl (C=O) groups excluding carboxylic acids is 1. The number of anilines is 1. The van der Waals surface area contributed by atoms with Crippen molar-refractivity contribution in [2.24, 2.45) is 5.73 Å². The van der Waals surface area contributed by atoms with E-state index in [0.717, 1.165) is 16.1 Å². The molecule has 19 heavy (non-hydrogen) atoms. The van der Waals surface area contributed by atoms with Crippen LogP contribution in [0, 0.1) is 0 Å². The molecular weight excluding hydrogens is 260 g/mol. The first-order valence-corrected chi connectivity index (χ1v) is 6.76. The Morgan fingerprint density at radius 2 is 2.26 bits per heavy atom. The highest BCUT2D eigenvalue weighted by Gasteiger charge is 2.16. The molecule has 1 aromatic carbocycles. The van der Waals surface area contributed by atoms with Gasteiger partial charge in [0.05, 0.1) is 6.61 Å². The molecule has 5 heteroatoms. The van der Waals surface area contributed by atoms with Crippen LogP contribution in [0.25, 0.3) is 0 Å². The highest BCUT2D eigenvalue weighted by Crippen LogP contribution is 2.19. The Balaban J connectivity index is 2.04. The fraction of sp³-hybridized carbons (Fsp3) is 0.214. The number of carbonyl (C=O) groups is 1. The third-order valence-electron chi connectivity index (χ3n) is 2.64. The Kier molecular flexibility index (Phi) is 4.68. The van der Waals surface area contributed by atoms with Crippen LogP contribution in [0.1, 0.15) is 16.5 Å². The number of thiophene rings is 1. The molecule has 0 aliphatic heterocycles. The zero-order chi connectivity index (χ0) is 13.7. The van der Waals surface area contributed by atoms with Gasteiger partial charge >= 0.3 is 0 Å². The minimum Gasteiger partial charge on any atom is -0.380 e. The van der Waals surface area contributed by atoms with Gasteiger partial charge in [-0.2, -0.15) is 0 Å². The summed E-state index contributed by atoms with van der Waals surface area (Å²) >= 11 is 1.48. The van der Waals surface area contributed by atoms with Crippen molar-refractivity contribution < 1.29 is 9.53 Å². The lowest BCUT2D eigenvalue weighted by Gasteiger charge is -2.11. The van der Waals surface area contributed by atoms with Crippen LogP contribution in [0.5, 0.6) is 0 Å². The van der Waals surface area contributed by atoms with E-state index in [1.54, 1.807) is 7.11 Å². The number of ether oxygens (including phenoxy) is 1. The molecule has 0 radical (unpaired) electrons. The highest BCUT2D eigenvalue weighted by atomic mass is 32.1. The maximum atomic E-state index is 12.0. The lowest BCUT2D eigenvalue weighted by molar-refractivity contribution is -0.117. The first kappa shape index (κ1) is 13.7. The molecule has 2 aromatic rings. The second-order valence-electron chi connectivity index (χ2n) is 4.12. The summed E-state index contributed by atoms with van der Waals surface area (Å²) in [6.45, 7) is 0.515. The summed E-state index contributed by atoms with van der Waals surface area (Å²) in [6.07, 6.45) is 0. The van der Waals surface area contributed by atoms with Gasteiger partial charge in [0, 0.05) is 17.7 Å². The molecule has 0 aliphatic carbocycles. The average Bonchev–Trinajstić information content (AvgIpc) is 2.92. The number of benzene rings is 1. The molecular formula is C14H16N2O2S. The number of amides is 1. The van der Waals surface area contributed by atoms with E-state index < -0.39 is 6.04 Å². The van der Waals surface area contributed by atoms with Gasteiger partial charge < -0.3 is 15.8 Å².